The molecule has 0 radical (unpaired) electrons. The predicted octanol–water partition coefficient (Wildman–Crippen LogP) is 4.91. The zero-order valence-corrected chi connectivity index (χ0v) is 20.0. The van der Waals surface area contributed by atoms with Gasteiger partial charge in [0.2, 0.25) is 5.91 Å². The average Bonchev–Trinajstić information content (AvgIpc) is 2.75. The highest BCUT2D eigenvalue weighted by Crippen LogP contribution is 2.27. The van der Waals surface area contributed by atoms with Gasteiger partial charge in [-0.3, -0.25) is 14.2 Å². The lowest BCUT2D eigenvalue weighted by atomic mass is 10.2. The van der Waals surface area contributed by atoms with Gasteiger partial charge in [-0.25, -0.2) is 4.98 Å². The molecule has 1 heterocycles. The fourth-order valence-electron chi connectivity index (χ4n) is 3.22. The third kappa shape index (κ3) is 5.17. The molecule has 0 bridgehead atoms. The number of thioether (sulfide) groups is 1. The van der Waals surface area contributed by atoms with E-state index in [-0.39, 0.29) is 17.9 Å². The van der Waals surface area contributed by atoms with Crippen LogP contribution in [-0.2, 0) is 11.3 Å². The van der Waals surface area contributed by atoms with Crippen LogP contribution in [-0.4, -0.2) is 27.3 Å². The van der Waals surface area contributed by atoms with E-state index < -0.39 is 5.25 Å². The van der Waals surface area contributed by atoms with E-state index in [0.29, 0.717) is 29.1 Å². The summed E-state index contributed by atoms with van der Waals surface area (Å²) in [4.78, 5) is 32.6. The highest BCUT2D eigenvalue weighted by molar-refractivity contribution is 9.10. The second-order valence-corrected chi connectivity index (χ2v) is 9.32. The lowest BCUT2D eigenvalue weighted by Crippen LogP contribution is -2.37. The summed E-state index contributed by atoms with van der Waals surface area (Å²) in [5, 5.41) is 9.59. The van der Waals surface area contributed by atoms with Crippen molar-refractivity contribution in [2.75, 3.05) is 11.4 Å². The number of carbonyl (C=O) groups excluding carboxylic acids is 1. The summed E-state index contributed by atoms with van der Waals surface area (Å²) in [5.74, 6) is -0.128. The molecular formula is C23H23BrN4O2S. The summed E-state index contributed by atoms with van der Waals surface area (Å²) in [6, 6.07) is 15.2. The molecule has 1 amide bonds. The first kappa shape index (κ1) is 23.0. The maximum Gasteiger partial charge on any atom is 0.262 e. The number of rotatable bonds is 7. The summed E-state index contributed by atoms with van der Waals surface area (Å²) >= 11 is 4.66. The molecule has 1 unspecified atom stereocenters. The Balaban J connectivity index is 1.93. The van der Waals surface area contributed by atoms with Crippen LogP contribution in [0.15, 0.2) is 56.9 Å². The second kappa shape index (κ2) is 10.1. The summed E-state index contributed by atoms with van der Waals surface area (Å²) in [6.45, 7) is 6.43. The lowest BCUT2D eigenvalue weighted by Gasteiger charge is -2.25. The number of aromatic nitrogens is 2. The normalized spacial score (nSPS) is 11.8. The van der Waals surface area contributed by atoms with Gasteiger partial charge in [0, 0.05) is 23.2 Å². The minimum absolute atomic E-state index is 0.128. The molecule has 31 heavy (non-hydrogen) atoms. The summed E-state index contributed by atoms with van der Waals surface area (Å²) in [6.07, 6.45) is 0.236. The monoisotopic (exact) mass is 498 g/mol. The van der Waals surface area contributed by atoms with Crippen molar-refractivity contribution in [1.29, 1.82) is 5.26 Å². The fourth-order valence-corrected chi connectivity index (χ4v) is 4.62. The fraction of sp³-hybridized carbons (Fsp3) is 0.304. The van der Waals surface area contributed by atoms with Gasteiger partial charge in [0.15, 0.2) is 5.16 Å². The van der Waals surface area contributed by atoms with Gasteiger partial charge < -0.3 is 4.90 Å². The van der Waals surface area contributed by atoms with E-state index in [1.54, 1.807) is 28.5 Å². The van der Waals surface area contributed by atoms with Gasteiger partial charge in [-0.2, -0.15) is 5.26 Å². The minimum atomic E-state index is -0.488. The number of amides is 1. The second-order valence-electron chi connectivity index (χ2n) is 7.10. The molecule has 0 spiro atoms. The van der Waals surface area contributed by atoms with Crippen LogP contribution >= 0.6 is 27.7 Å². The Morgan fingerprint density at radius 1 is 1.29 bits per heavy atom. The van der Waals surface area contributed by atoms with Gasteiger partial charge in [-0.1, -0.05) is 45.4 Å². The average molecular weight is 499 g/mol. The Hall–Kier alpha value is -2.63. The van der Waals surface area contributed by atoms with Gasteiger partial charge in [-0.15, -0.1) is 0 Å². The van der Waals surface area contributed by atoms with Crippen LogP contribution < -0.4 is 10.5 Å². The smallest absolute Gasteiger partial charge is 0.262 e. The molecule has 8 heteroatoms. The lowest BCUT2D eigenvalue weighted by molar-refractivity contribution is -0.117. The van der Waals surface area contributed by atoms with Crippen molar-refractivity contribution in [3.63, 3.8) is 0 Å². The van der Waals surface area contributed by atoms with Crippen LogP contribution in [0.25, 0.3) is 10.9 Å². The number of nitrogens with zero attached hydrogens (tertiary/aromatic N) is 4. The molecule has 0 aliphatic rings. The highest BCUT2D eigenvalue weighted by Gasteiger charge is 2.25. The standard InChI is InChI=1S/C23H23BrN4O2S/c1-4-27-22(30)19-14-17(24)8-11-20(19)26-23(27)31-16(3)21(29)28(13-5-12-25)18-9-6-15(2)7-10-18/h6-11,14,16H,4-5,13H2,1-3H3. The molecular weight excluding hydrogens is 476 g/mol. The third-order valence-electron chi connectivity index (χ3n) is 4.89. The number of carbonyl (C=O) groups is 1. The molecule has 0 aliphatic heterocycles. The zero-order valence-electron chi connectivity index (χ0n) is 17.6. The molecule has 160 valence electrons. The number of nitriles is 1. The van der Waals surface area contributed by atoms with Crippen molar-refractivity contribution >= 4 is 50.2 Å². The molecule has 0 N–H and O–H groups in total. The van der Waals surface area contributed by atoms with Crippen molar-refractivity contribution in [2.24, 2.45) is 0 Å². The van der Waals surface area contributed by atoms with Gasteiger partial charge >= 0.3 is 0 Å². The number of halogens is 1. The summed E-state index contributed by atoms with van der Waals surface area (Å²) < 4.78 is 2.41. The predicted molar refractivity (Wildman–Crippen MR) is 128 cm³/mol. The topological polar surface area (TPSA) is 79.0 Å². The first-order valence-corrected chi connectivity index (χ1v) is 11.6. The van der Waals surface area contributed by atoms with Gasteiger partial charge in [0.25, 0.3) is 5.56 Å². The zero-order chi connectivity index (χ0) is 22.5. The third-order valence-corrected chi connectivity index (χ3v) is 6.46. The molecule has 3 rings (SSSR count). The van der Waals surface area contributed by atoms with E-state index in [1.807, 2.05) is 44.2 Å². The van der Waals surface area contributed by atoms with Crippen molar-refractivity contribution < 1.29 is 4.79 Å². The van der Waals surface area contributed by atoms with E-state index in [1.165, 1.54) is 11.8 Å². The quantitative estimate of drug-likeness (QED) is 0.341. The van der Waals surface area contributed by atoms with Crippen LogP contribution in [0.2, 0.25) is 0 Å². The number of hydrogen-bond acceptors (Lipinski definition) is 5. The minimum Gasteiger partial charge on any atom is -0.310 e. The Morgan fingerprint density at radius 2 is 2.00 bits per heavy atom. The molecule has 0 saturated carbocycles. The van der Waals surface area contributed by atoms with Crippen molar-refractivity contribution in [3.8, 4) is 6.07 Å². The van der Waals surface area contributed by atoms with Crippen molar-refractivity contribution in [2.45, 2.75) is 44.1 Å². The molecule has 1 atom stereocenters. The van der Waals surface area contributed by atoms with Crippen LogP contribution in [0.1, 0.15) is 25.8 Å². The molecule has 1 aromatic heterocycles. The maximum absolute atomic E-state index is 13.3. The van der Waals surface area contributed by atoms with Crippen LogP contribution in [0, 0.1) is 18.3 Å². The Kier molecular flexibility index (Phi) is 7.52. The first-order chi connectivity index (χ1) is 14.8. The van der Waals surface area contributed by atoms with E-state index in [9.17, 15) is 9.59 Å². The number of benzene rings is 2. The molecule has 0 saturated heterocycles. The van der Waals surface area contributed by atoms with Crippen molar-refractivity contribution in [3.05, 3.63) is 62.9 Å². The molecule has 0 fully saturated rings. The molecule has 2 aromatic carbocycles. The van der Waals surface area contributed by atoms with E-state index in [0.717, 1.165) is 15.7 Å². The van der Waals surface area contributed by atoms with E-state index in [4.69, 9.17) is 5.26 Å². The van der Waals surface area contributed by atoms with Crippen LogP contribution in [0.4, 0.5) is 5.69 Å². The first-order valence-electron chi connectivity index (χ1n) is 9.97. The Bertz CT molecular complexity index is 1200. The molecule has 0 aliphatic carbocycles. The van der Waals surface area contributed by atoms with Crippen molar-refractivity contribution in [1.82, 2.24) is 9.55 Å². The molecule has 6 nitrogen and oxygen atoms in total. The number of anilines is 1. The number of hydrogen-bond donors (Lipinski definition) is 0. The van der Waals surface area contributed by atoms with Gasteiger partial charge in [0.05, 0.1) is 28.6 Å². The highest BCUT2D eigenvalue weighted by atomic mass is 79.9. The number of fused-ring (bicyclic) bond motifs is 1. The van der Waals surface area contributed by atoms with Gasteiger partial charge in [-0.05, 0) is 51.1 Å². The number of aryl methyl sites for hydroxylation is 1. The van der Waals surface area contributed by atoms with Crippen LogP contribution in [0.3, 0.4) is 0 Å². The maximum atomic E-state index is 13.3. The Labute approximate surface area is 194 Å². The summed E-state index contributed by atoms with van der Waals surface area (Å²) in [5.41, 5.74) is 2.32. The van der Waals surface area contributed by atoms with E-state index >= 15 is 0 Å². The summed E-state index contributed by atoms with van der Waals surface area (Å²) in [7, 11) is 0. The molecule has 3 aromatic rings. The van der Waals surface area contributed by atoms with E-state index in [2.05, 4.69) is 27.0 Å². The largest absolute Gasteiger partial charge is 0.310 e. The van der Waals surface area contributed by atoms with Gasteiger partial charge in [0.1, 0.15) is 0 Å². The Morgan fingerprint density at radius 3 is 2.65 bits per heavy atom. The SMILES string of the molecule is CCn1c(SC(C)C(=O)N(CCC#N)c2ccc(C)cc2)nc2ccc(Br)cc2c1=O. The van der Waals surface area contributed by atoms with Crippen LogP contribution in [0.5, 0.6) is 0 Å².